The zero-order valence-corrected chi connectivity index (χ0v) is 10.8. The van der Waals surface area contributed by atoms with Gasteiger partial charge in [-0.15, -0.1) is 6.42 Å². The number of hydrogen-bond acceptors (Lipinski definition) is 2. The first-order chi connectivity index (χ1) is 7.81. The van der Waals surface area contributed by atoms with Crippen molar-refractivity contribution >= 4 is 12.0 Å². The number of terminal acetylenes is 1. The van der Waals surface area contributed by atoms with Crippen LogP contribution in [0.3, 0.4) is 0 Å². The lowest BCUT2D eigenvalue weighted by Gasteiger charge is -2.32. The van der Waals surface area contributed by atoms with Gasteiger partial charge in [-0.2, -0.15) is 0 Å². The summed E-state index contributed by atoms with van der Waals surface area (Å²) in [5, 5.41) is 8.71. The average molecular weight is 240 g/mol. The minimum atomic E-state index is -1.07. The zero-order valence-electron chi connectivity index (χ0n) is 10.8. The van der Waals surface area contributed by atoms with Gasteiger partial charge in [-0.25, -0.2) is 4.79 Å². The van der Waals surface area contributed by atoms with Crippen molar-refractivity contribution in [2.24, 2.45) is 5.92 Å². The van der Waals surface area contributed by atoms with Crippen molar-refractivity contribution < 1.29 is 14.7 Å². The van der Waals surface area contributed by atoms with E-state index >= 15 is 0 Å². The van der Waals surface area contributed by atoms with E-state index in [0.717, 1.165) is 4.90 Å². The molecular formula is C12H20N2O3. The largest absolute Gasteiger partial charge is 0.480 e. The molecule has 0 aliphatic carbocycles. The Bertz CT molecular complexity index is 320. The third kappa shape index (κ3) is 4.77. The zero-order chi connectivity index (χ0) is 13.6. The van der Waals surface area contributed by atoms with Crippen molar-refractivity contribution in [3.63, 3.8) is 0 Å². The van der Waals surface area contributed by atoms with Gasteiger partial charge in [0.15, 0.2) is 0 Å². The van der Waals surface area contributed by atoms with Crippen LogP contribution in [0.5, 0.6) is 0 Å². The quantitative estimate of drug-likeness (QED) is 0.732. The summed E-state index contributed by atoms with van der Waals surface area (Å²) in [6.07, 6.45) is 5.12. The number of amides is 2. The first-order valence-corrected chi connectivity index (χ1v) is 5.48. The van der Waals surface area contributed by atoms with Crippen LogP contribution in [0.15, 0.2) is 0 Å². The molecule has 5 nitrogen and oxygen atoms in total. The fourth-order valence-corrected chi connectivity index (χ4v) is 1.31. The highest BCUT2D eigenvalue weighted by Crippen LogP contribution is 2.10. The number of nitrogens with zero attached hydrogens (tertiary/aromatic N) is 2. The summed E-state index contributed by atoms with van der Waals surface area (Å²) in [6, 6.07) is -0.330. The number of hydrogen-bond donors (Lipinski definition) is 1. The Morgan fingerprint density at radius 3 is 2.24 bits per heavy atom. The van der Waals surface area contributed by atoms with Crippen molar-refractivity contribution in [2.45, 2.75) is 26.8 Å². The number of urea groups is 1. The minimum Gasteiger partial charge on any atom is -0.480 e. The van der Waals surface area contributed by atoms with E-state index in [1.54, 1.807) is 7.05 Å². The number of carboxylic acid groups (broad SMARTS) is 1. The molecule has 0 rings (SSSR count). The maximum Gasteiger partial charge on any atom is 0.323 e. The smallest absolute Gasteiger partial charge is 0.323 e. The molecular weight excluding hydrogens is 220 g/mol. The van der Waals surface area contributed by atoms with E-state index in [2.05, 4.69) is 5.92 Å². The van der Waals surface area contributed by atoms with E-state index in [0.29, 0.717) is 5.92 Å². The normalized spacial score (nSPS) is 11.8. The van der Waals surface area contributed by atoms with Gasteiger partial charge in [0.25, 0.3) is 0 Å². The molecule has 0 aromatic rings. The van der Waals surface area contributed by atoms with Crippen LogP contribution >= 0.6 is 0 Å². The average Bonchev–Trinajstić information content (AvgIpc) is 2.24. The van der Waals surface area contributed by atoms with Gasteiger partial charge in [-0.05, 0) is 12.8 Å². The molecule has 1 N–H and O–H groups in total. The van der Waals surface area contributed by atoms with Gasteiger partial charge in [0.05, 0.1) is 6.54 Å². The van der Waals surface area contributed by atoms with Gasteiger partial charge in [0, 0.05) is 13.1 Å². The Hall–Kier alpha value is -1.70. The molecule has 0 aromatic carbocycles. The van der Waals surface area contributed by atoms with E-state index in [9.17, 15) is 9.59 Å². The monoisotopic (exact) mass is 240 g/mol. The summed E-state index contributed by atoms with van der Waals surface area (Å²) in [5.41, 5.74) is 0. The maximum atomic E-state index is 12.0. The highest BCUT2D eigenvalue weighted by molar-refractivity contribution is 5.80. The lowest BCUT2D eigenvalue weighted by molar-refractivity contribution is -0.137. The van der Waals surface area contributed by atoms with Crippen LogP contribution in [-0.2, 0) is 4.79 Å². The summed E-state index contributed by atoms with van der Waals surface area (Å²) < 4.78 is 0. The third-order valence-corrected chi connectivity index (χ3v) is 2.76. The Kier molecular flexibility index (Phi) is 6.11. The molecule has 0 aliphatic rings. The van der Waals surface area contributed by atoms with Crippen LogP contribution in [0.4, 0.5) is 4.79 Å². The van der Waals surface area contributed by atoms with Crippen LogP contribution in [0, 0.1) is 18.3 Å². The predicted molar refractivity (Wildman–Crippen MR) is 65.5 cm³/mol. The number of carbonyl (C=O) groups is 2. The molecule has 5 heteroatoms. The molecule has 96 valence electrons. The Labute approximate surface area is 102 Å². The standard InChI is InChI=1S/C12H20N2O3/c1-6-7-14(8-11(15)16)12(17)13(5)10(4)9(2)3/h1,9-10H,7-8H2,2-5H3,(H,15,16). The highest BCUT2D eigenvalue weighted by Gasteiger charge is 2.24. The van der Waals surface area contributed by atoms with E-state index < -0.39 is 5.97 Å². The van der Waals surface area contributed by atoms with Crippen molar-refractivity contribution in [1.82, 2.24) is 9.80 Å². The van der Waals surface area contributed by atoms with Crippen LogP contribution in [0.1, 0.15) is 20.8 Å². The molecule has 0 fully saturated rings. The summed E-state index contributed by atoms with van der Waals surface area (Å²) in [7, 11) is 1.65. The molecule has 1 unspecified atom stereocenters. The molecule has 0 aromatic heterocycles. The Balaban J connectivity index is 4.72. The van der Waals surface area contributed by atoms with Gasteiger partial charge >= 0.3 is 12.0 Å². The Morgan fingerprint density at radius 1 is 1.35 bits per heavy atom. The fourth-order valence-electron chi connectivity index (χ4n) is 1.31. The molecule has 1 atom stereocenters. The summed E-state index contributed by atoms with van der Waals surface area (Å²) in [5.74, 6) is 1.52. The summed E-state index contributed by atoms with van der Waals surface area (Å²) in [6.45, 7) is 5.53. The third-order valence-electron chi connectivity index (χ3n) is 2.76. The number of carboxylic acids is 1. The first kappa shape index (κ1) is 15.3. The van der Waals surface area contributed by atoms with Crippen molar-refractivity contribution in [3.05, 3.63) is 0 Å². The van der Waals surface area contributed by atoms with Crippen molar-refractivity contribution in [3.8, 4) is 12.3 Å². The van der Waals surface area contributed by atoms with Gasteiger partial charge in [0.2, 0.25) is 0 Å². The summed E-state index contributed by atoms with van der Waals surface area (Å²) >= 11 is 0. The Morgan fingerprint density at radius 2 is 1.88 bits per heavy atom. The predicted octanol–water partition coefficient (Wildman–Crippen LogP) is 1.10. The molecule has 0 radical (unpaired) electrons. The van der Waals surface area contributed by atoms with Gasteiger partial charge in [-0.3, -0.25) is 4.79 Å². The molecule has 2 amide bonds. The number of aliphatic carboxylic acids is 1. The van der Waals surface area contributed by atoms with Crippen LogP contribution in [0.2, 0.25) is 0 Å². The molecule has 0 heterocycles. The lowest BCUT2D eigenvalue weighted by atomic mass is 10.1. The minimum absolute atomic E-state index is 0.000286. The topological polar surface area (TPSA) is 60.9 Å². The molecule has 0 bridgehead atoms. The SMILES string of the molecule is C#CCN(CC(=O)O)C(=O)N(C)C(C)C(C)C. The fraction of sp³-hybridized carbons (Fsp3) is 0.667. The molecule has 0 saturated heterocycles. The van der Waals surface area contributed by atoms with Crippen LogP contribution in [0.25, 0.3) is 0 Å². The molecule has 0 aliphatic heterocycles. The lowest BCUT2D eigenvalue weighted by Crippen LogP contribution is -2.48. The second kappa shape index (κ2) is 6.79. The maximum absolute atomic E-state index is 12.0. The van der Waals surface area contributed by atoms with Gasteiger partial charge in [0.1, 0.15) is 6.54 Å². The number of rotatable bonds is 5. The van der Waals surface area contributed by atoms with E-state index in [1.807, 2.05) is 20.8 Å². The highest BCUT2D eigenvalue weighted by atomic mass is 16.4. The van der Waals surface area contributed by atoms with Crippen molar-refractivity contribution in [2.75, 3.05) is 20.1 Å². The second-order valence-corrected chi connectivity index (χ2v) is 4.33. The number of carbonyl (C=O) groups excluding carboxylic acids is 1. The van der Waals surface area contributed by atoms with Gasteiger partial charge < -0.3 is 14.9 Å². The summed E-state index contributed by atoms with van der Waals surface area (Å²) in [4.78, 5) is 25.3. The first-order valence-electron chi connectivity index (χ1n) is 5.48. The molecule has 0 spiro atoms. The van der Waals surface area contributed by atoms with E-state index in [1.165, 1.54) is 4.90 Å². The van der Waals surface area contributed by atoms with Crippen molar-refractivity contribution in [1.29, 1.82) is 0 Å². The van der Waals surface area contributed by atoms with Crippen LogP contribution < -0.4 is 0 Å². The van der Waals surface area contributed by atoms with Crippen LogP contribution in [-0.4, -0.2) is 53.1 Å². The molecule has 0 saturated carbocycles. The van der Waals surface area contributed by atoms with Gasteiger partial charge in [-0.1, -0.05) is 19.8 Å². The van der Waals surface area contributed by atoms with E-state index in [-0.39, 0.29) is 25.2 Å². The molecule has 17 heavy (non-hydrogen) atoms. The second-order valence-electron chi connectivity index (χ2n) is 4.33. The van der Waals surface area contributed by atoms with E-state index in [4.69, 9.17) is 11.5 Å².